The number of halogens is 1. The van der Waals surface area contributed by atoms with Crippen molar-refractivity contribution in [1.29, 1.82) is 5.26 Å². The van der Waals surface area contributed by atoms with Crippen LogP contribution in [0, 0.1) is 17.2 Å². The van der Waals surface area contributed by atoms with E-state index >= 15 is 0 Å². The van der Waals surface area contributed by atoms with Gasteiger partial charge in [-0.15, -0.1) is 11.6 Å². The highest BCUT2D eigenvalue weighted by Crippen LogP contribution is 2.23. The van der Waals surface area contributed by atoms with Crippen molar-refractivity contribution in [2.75, 3.05) is 12.5 Å². The van der Waals surface area contributed by atoms with E-state index < -0.39 is 0 Å². The molecule has 0 aliphatic carbocycles. The lowest BCUT2D eigenvalue weighted by atomic mass is 10.0. The molecule has 0 heterocycles. The Morgan fingerprint density at radius 1 is 1.00 bits per heavy atom. The molecule has 0 amide bonds. The summed E-state index contributed by atoms with van der Waals surface area (Å²) in [6, 6.07) is 17.8. The van der Waals surface area contributed by atoms with Crippen LogP contribution in [0.4, 0.5) is 0 Å². The lowest BCUT2D eigenvalue weighted by Crippen LogP contribution is -2.04. The summed E-state index contributed by atoms with van der Waals surface area (Å²) in [5.41, 5.74) is 2.90. The predicted octanol–water partition coefficient (Wildman–Crippen LogP) is 5.65. The summed E-state index contributed by atoms with van der Waals surface area (Å²) in [7, 11) is 0. The minimum atomic E-state index is 0.645. The molecule has 23 heavy (non-hydrogen) atoms. The average Bonchev–Trinajstić information content (AvgIpc) is 2.60. The van der Waals surface area contributed by atoms with Crippen molar-refractivity contribution < 1.29 is 4.74 Å². The Labute approximate surface area is 143 Å². The molecular weight excluding hydrogens is 306 g/mol. The Balaban J connectivity index is 1.85. The van der Waals surface area contributed by atoms with E-state index in [2.05, 4.69) is 13.0 Å². The van der Waals surface area contributed by atoms with Crippen molar-refractivity contribution >= 4 is 11.6 Å². The fourth-order valence-electron chi connectivity index (χ4n) is 2.43. The SMILES string of the molecule is CC(CCCCl)CCOc1ccc(-c2ccc(C#N)cc2)cc1. The Kier molecular flexibility index (Phi) is 6.97. The maximum Gasteiger partial charge on any atom is 0.119 e. The Morgan fingerprint density at radius 3 is 2.17 bits per heavy atom. The molecule has 0 aliphatic rings. The van der Waals surface area contributed by atoms with Crippen LogP contribution < -0.4 is 4.74 Å². The fraction of sp³-hybridized carbons (Fsp3) is 0.350. The number of hydrogen-bond donors (Lipinski definition) is 0. The molecule has 0 saturated carbocycles. The predicted molar refractivity (Wildman–Crippen MR) is 95.8 cm³/mol. The van der Waals surface area contributed by atoms with Gasteiger partial charge in [0.1, 0.15) is 5.75 Å². The summed E-state index contributed by atoms with van der Waals surface area (Å²) in [5, 5.41) is 8.83. The van der Waals surface area contributed by atoms with Gasteiger partial charge in [0, 0.05) is 5.88 Å². The van der Waals surface area contributed by atoms with E-state index in [0.29, 0.717) is 11.5 Å². The van der Waals surface area contributed by atoms with E-state index in [1.165, 1.54) is 0 Å². The Morgan fingerprint density at radius 2 is 1.61 bits per heavy atom. The summed E-state index contributed by atoms with van der Waals surface area (Å²) in [5.74, 6) is 2.28. The van der Waals surface area contributed by atoms with Gasteiger partial charge >= 0.3 is 0 Å². The molecule has 0 radical (unpaired) electrons. The van der Waals surface area contributed by atoms with Crippen molar-refractivity contribution in [2.45, 2.75) is 26.2 Å². The van der Waals surface area contributed by atoms with E-state index in [-0.39, 0.29) is 0 Å². The molecule has 3 heteroatoms. The zero-order valence-corrected chi connectivity index (χ0v) is 14.2. The van der Waals surface area contributed by atoms with Crippen LogP contribution in [-0.4, -0.2) is 12.5 Å². The van der Waals surface area contributed by atoms with Crippen molar-refractivity contribution in [2.24, 2.45) is 5.92 Å². The van der Waals surface area contributed by atoms with Crippen LogP contribution in [0.3, 0.4) is 0 Å². The van der Waals surface area contributed by atoms with Gasteiger partial charge in [-0.05, 0) is 60.6 Å². The van der Waals surface area contributed by atoms with E-state index in [4.69, 9.17) is 21.6 Å². The number of nitriles is 1. The summed E-state index contributed by atoms with van der Waals surface area (Å²) in [4.78, 5) is 0. The number of hydrogen-bond acceptors (Lipinski definition) is 2. The van der Waals surface area contributed by atoms with Crippen LogP contribution in [-0.2, 0) is 0 Å². The van der Waals surface area contributed by atoms with Crippen molar-refractivity contribution in [3.05, 3.63) is 54.1 Å². The molecule has 0 aromatic heterocycles. The van der Waals surface area contributed by atoms with E-state index in [9.17, 15) is 0 Å². The molecule has 2 aromatic carbocycles. The van der Waals surface area contributed by atoms with E-state index in [1.54, 1.807) is 0 Å². The standard InChI is InChI=1S/C20H22ClNO/c1-16(3-2-13-21)12-14-23-20-10-8-19(9-11-20)18-6-4-17(15-22)5-7-18/h4-11,16H,2-3,12-14H2,1H3. The summed E-state index contributed by atoms with van der Waals surface area (Å²) >= 11 is 5.71. The molecule has 2 aromatic rings. The van der Waals surface area contributed by atoms with Crippen molar-refractivity contribution in [3.63, 3.8) is 0 Å². The normalized spacial score (nSPS) is 11.7. The molecule has 0 N–H and O–H groups in total. The summed E-state index contributed by atoms with van der Waals surface area (Å²) < 4.78 is 5.81. The largest absolute Gasteiger partial charge is 0.494 e. The van der Waals surface area contributed by atoms with Gasteiger partial charge in [0.15, 0.2) is 0 Å². The molecule has 0 aliphatic heterocycles. The van der Waals surface area contributed by atoms with E-state index in [1.807, 2.05) is 48.5 Å². The highest BCUT2D eigenvalue weighted by atomic mass is 35.5. The first kappa shape index (κ1) is 17.4. The molecule has 0 bridgehead atoms. The molecule has 1 unspecified atom stereocenters. The van der Waals surface area contributed by atoms with Crippen LogP contribution in [0.5, 0.6) is 5.75 Å². The molecule has 2 rings (SSSR count). The Hall–Kier alpha value is -1.98. The van der Waals surface area contributed by atoms with Gasteiger partial charge < -0.3 is 4.74 Å². The van der Waals surface area contributed by atoms with Gasteiger partial charge in [0.05, 0.1) is 18.2 Å². The fourth-order valence-corrected chi connectivity index (χ4v) is 2.58. The number of nitrogens with zero attached hydrogens (tertiary/aromatic N) is 1. The second kappa shape index (κ2) is 9.22. The minimum absolute atomic E-state index is 0.645. The maximum atomic E-state index is 8.83. The lowest BCUT2D eigenvalue weighted by Gasteiger charge is -2.12. The van der Waals surface area contributed by atoms with E-state index in [0.717, 1.165) is 48.6 Å². The van der Waals surface area contributed by atoms with Gasteiger partial charge in [-0.3, -0.25) is 0 Å². The molecule has 0 saturated heterocycles. The van der Waals surface area contributed by atoms with Crippen molar-refractivity contribution in [3.8, 4) is 22.9 Å². The second-order valence-corrected chi connectivity index (χ2v) is 6.17. The zero-order valence-electron chi connectivity index (χ0n) is 13.5. The first-order valence-electron chi connectivity index (χ1n) is 8.02. The Bertz CT molecular complexity index is 628. The quantitative estimate of drug-likeness (QED) is 0.587. The number of benzene rings is 2. The highest BCUT2D eigenvalue weighted by molar-refractivity contribution is 6.17. The average molecular weight is 328 g/mol. The minimum Gasteiger partial charge on any atom is -0.494 e. The first-order chi connectivity index (χ1) is 11.2. The molecule has 120 valence electrons. The highest BCUT2D eigenvalue weighted by Gasteiger charge is 2.03. The topological polar surface area (TPSA) is 33.0 Å². The molecule has 0 spiro atoms. The second-order valence-electron chi connectivity index (χ2n) is 5.79. The third-order valence-electron chi connectivity index (χ3n) is 3.91. The van der Waals surface area contributed by atoms with Crippen LogP contribution in [0.1, 0.15) is 31.7 Å². The van der Waals surface area contributed by atoms with Crippen LogP contribution in [0.2, 0.25) is 0 Å². The molecule has 0 fully saturated rings. The summed E-state index contributed by atoms with van der Waals surface area (Å²) in [6.07, 6.45) is 3.28. The van der Waals surface area contributed by atoms with Gasteiger partial charge in [-0.25, -0.2) is 0 Å². The summed E-state index contributed by atoms with van der Waals surface area (Å²) in [6.45, 7) is 2.98. The maximum absolute atomic E-state index is 8.83. The van der Waals surface area contributed by atoms with Gasteiger partial charge in [-0.1, -0.05) is 31.2 Å². The van der Waals surface area contributed by atoms with Crippen LogP contribution >= 0.6 is 11.6 Å². The smallest absolute Gasteiger partial charge is 0.119 e. The molecular formula is C20H22ClNO. The van der Waals surface area contributed by atoms with Gasteiger partial charge in [0.25, 0.3) is 0 Å². The zero-order chi connectivity index (χ0) is 16.5. The molecule has 2 nitrogen and oxygen atoms in total. The van der Waals surface area contributed by atoms with Crippen LogP contribution in [0.15, 0.2) is 48.5 Å². The van der Waals surface area contributed by atoms with Gasteiger partial charge in [-0.2, -0.15) is 5.26 Å². The number of rotatable bonds is 8. The third kappa shape index (κ3) is 5.62. The lowest BCUT2D eigenvalue weighted by molar-refractivity contribution is 0.279. The van der Waals surface area contributed by atoms with Crippen molar-refractivity contribution in [1.82, 2.24) is 0 Å². The van der Waals surface area contributed by atoms with Gasteiger partial charge in [0.2, 0.25) is 0 Å². The third-order valence-corrected chi connectivity index (χ3v) is 4.18. The monoisotopic (exact) mass is 327 g/mol. The number of ether oxygens (including phenoxy) is 1. The number of alkyl halides is 1. The first-order valence-corrected chi connectivity index (χ1v) is 8.55. The van der Waals surface area contributed by atoms with Crippen LogP contribution in [0.25, 0.3) is 11.1 Å². The molecule has 1 atom stereocenters.